The van der Waals surface area contributed by atoms with Crippen LogP contribution in [0.25, 0.3) is 21.8 Å². The van der Waals surface area contributed by atoms with E-state index >= 15 is 0 Å². The lowest BCUT2D eigenvalue weighted by atomic mass is 10.1. The number of rotatable bonds is 15. The monoisotopic (exact) mass is 450 g/mol. The molecule has 0 bridgehead atoms. The van der Waals surface area contributed by atoms with Crippen molar-refractivity contribution in [1.82, 2.24) is 9.97 Å². The van der Waals surface area contributed by atoms with Crippen LogP contribution in [-0.4, -0.2) is 16.6 Å². The second kappa shape index (κ2) is 14.1. The molecule has 172 valence electrons. The van der Waals surface area contributed by atoms with Gasteiger partial charge in [0.05, 0.1) is 6.61 Å². The maximum atomic E-state index is 5.84. The molecule has 0 unspecified atom stereocenters. The molecule has 0 atom stereocenters. The zero-order valence-corrected chi connectivity index (χ0v) is 20.6. The van der Waals surface area contributed by atoms with Crippen LogP contribution >= 0.6 is 11.3 Å². The van der Waals surface area contributed by atoms with Crippen LogP contribution < -0.4 is 4.74 Å². The minimum Gasteiger partial charge on any atom is -0.494 e. The molecule has 0 spiro atoms. The summed E-state index contributed by atoms with van der Waals surface area (Å²) >= 11 is 1.87. The average Bonchev–Trinajstić information content (AvgIpc) is 3.31. The van der Waals surface area contributed by atoms with Crippen molar-refractivity contribution in [1.29, 1.82) is 0 Å². The summed E-state index contributed by atoms with van der Waals surface area (Å²) in [5, 5.41) is 0. The minimum absolute atomic E-state index is 0.757. The van der Waals surface area contributed by atoms with E-state index in [9.17, 15) is 0 Å². The lowest BCUT2D eigenvalue weighted by Gasteiger charge is -2.07. The molecule has 0 aliphatic carbocycles. The number of thiophene rings is 1. The third kappa shape index (κ3) is 8.05. The van der Waals surface area contributed by atoms with Crippen molar-refractivity contribution in [3.63, 3.8) is 0 Å². The van der Waals surface area contributed by atoms with Crippen molar-refractivity contribution < 1.29 is 4.74 Å². The summed E-state index contributed by atoms with van der Waals surface area (Å²) in [7, 11) is 0. The van der Waals surface area contributed by atoms with Crippen LogP contribution in [0.5, 0.6) is 5.75 Å². The maximum absolute atomic E-state index is 5.84. The van der Waals surface area contributed by atoms with Gasteiger partial charge in [0.25, 0.3) is 0 Å². The van der Waals surface area contributed by atoms with Crippen molar-refractivity contribution in [2.45, 2.75) is 84.5 Å². The SMILES string of the molecule is CCCCCCCCc1ccc(-c2cnc(-c3ccc(OCCCCCC)cc3)nc2)s1. The van der Waals surface area contributed by atoms with Gasteiger partial charge in [-0.3, -0.25) is 0 Å². The summed E-state index contributed by atoms with van der Waals surface area (Å²) in [5.74, 6) is 1.67. The predicted octanol–water partition coefficient (Wildman–Crippen LogP) is 8.73. The highest BCUT2D eigenvalue weighted by molar-refractivity contribution is 7.15. The molecule has 32 heavy (non-hydrogen) atoms. The van der Waals surface area contributed by atoms with Crippen molar-refractivity contribution in [2.75, 3.05) is 6.61 Å². The van der Waals surface area contributed by atoms with Crippen molar-refractivity contribution in [3.8, 4) is 27.6 Å². The van der Waals surface area contributed by atoms with Gasteiger partial charge in [0, 0.05) is 33.3 Å². The second-order valence-electron chi connectivity index (χ2n) is 8.51. The Balaban J connectivity index is 1.48. The molecule has 4 heteroatoms. The number of unbranched alkanes of at least 4 members (excludes halogenated alkanes) is 8. The predicted molar refractivity (Wildman–Crippen MR) is 137 cm³/mol. The molecule has 3 nitrogen and oxygen atoms in total. The van der Waals surface area contributed by atoms with E-state index in [-0.39, 0.29) is 0 Å². The Morgan fingerprint density at radius 1 is 0.688 bits per heavy atom. The number of ether oxygens (including phenoxy) is 1. The van der Waals surface area contributed by atoms with Gasteiger partial charge in [-0.1, -0.05) is 65.2 Å². The van der Waals surface area contributed by atoms with Gasteiger partial charge in [-0.05, 0) is 55.7 Å². The Labute approximate surface area is 198 Å². The van der Waals surface area contributed by atoms with E-state index < -0.39 is 0 Å². The first kappa shape index (κ1) is 24.4. The highest BCUT2D eigenvalue weighted by Gasteiger charge is 2.07. The molecule has 0 aliphatic rings. The maximum Gasteiger partial charge on any atom is 0.159 e. The third-order valence-corrected chi connectivity index (χ3v) is 6.95. The molecule has 0 fully saturated rings. The molecule has 2 aromatic heterocycles. The van der Waals surface area contributed by atoms with Gasteiger partial charge in [-0.15, -0.1) is 11.3 Å². The van der Waals surface area contributed by atoms with Crippen molar-refractivity contribution >= 4 is 11.3 Å². The highest BCUT2D eigenvalue weighted by Crippen LogP contribution is 2.29. The Kier molecular flexibility index (Phi) is 10.7. The largest absolute Gasteiger partial charge is 0.494 e. The molecule has 0 aliphatic heterocycles. The van der Waals surface area contributed by atoms with Gasteiger partial charge in [-0.2, -0.15) is 0 Å². The fourth-order valence-corrected chi connectivity index (χ4v) is 4.79. The molecule has 1 aromatic carbocycles. The molecule has 3 rings (SSSR count). The van der Waals surface area contributed by atoms with Crippen LogP contribution in [0.2, 0.25) is 0 Å². The summed E-state index contributed by atoms with van der Waals surface area (Å²) in [6, 6.07) is 12.6. The number of hydrogen-bond acceptors (Lipinski definition) is 4. The fraction of sp³-hybridized carbons (Fsp3) is 0.500. The zero-order valence-electron chi connectivity index (χ0n) is 19.8. The zero-order chi connectivity index (χ0) is 22.4. The molecule has 0 radical (unpaired) electrons. The number of aromatic nitrogens is 2. The van der Waals surface area contributed by atoms with Gasteiger partial charge in [0.15, 0.2) is 5.82 Å². The van der Waals surface area contributed by atoms with Gasteiger partial charge < -0.3 is 4.74 Å². The summed E-state index contributed by atoms with van der Waals surface area (Å²) in [4.78, 5) is 12.0. The fourth-order valence-electron chi connectivity index (χ4n) is 3.77. The summed E-state index contributed by atoms with van der Waals surface area (Å²) < 4.78 is 5.84. The lowest BCUT2D eigenvalue weighted by molar-refractivity contribution is 0.305. The Bertz CT molecular complexity index is 887. The van der Waals surface area contributed by atoms with Crippen molar-refractivity contribution in [2.24, 2.45) is 0 Å². The Hall–Kier alpha value is -2.20. The Morgan fingerprint density at radius 2 is 1.34 bits per heavy atom. The Morgan fingerprint density at radius 3 is 2.06 bits per heavy atom. The molecule has 0 saturated heterocycles. The molecule has 2 heterocycles. The molecule has 0 amide bonds. The van der Waals surface area contributed by atoms with E-state index in [4.69, 9.17) is 4.74 Å². The molecular formula is C28H38N2OS. The molecule has 0 saturated carbocycles. The normalized spacial score (nSPS) is 11.1. The first-order valence-electron chi connectivity index (χ1n) is 12.4. The highest BCUT2D eigenvalue weighted by atomic mass is 32.1. The lowest BCUT2D eigenvalue weighted by Crippen LogP contribution is -1.97. The number of aryl methyl sites for hydroxylation is 1. The van der Waals surface area contributed by atoms with Crippen molar-refractivity contribution in [3.05, 3.63) is 53.7 Å². The van der Waals surface area contributed by atoms with Gasteiger partial charge in [-0.25, -0.2) is 9.97 Å². The first-order valence-corrected chi connectivity index (χ1v) is 13.3. The van der Waals surface area contributed by atoms with E-state index in [1.54, 1.807) is 0 Å². The van der Waals surface area contributed by atoms with Crippen LogP contribution in [0.3, 0.4) is 0 Å². The van der Waals surface area contributed by atoms with E-state index in [1.165, 1.54) is 74.0 Å². The van der Waals surface area contributed by atoms with E-state index in [2.05, 4.69) is 35.9 Å². The van der Waals surface area contributed by atoms with Crippen LogP contribution in [0.1, 0.15) is 82.9 Å². The third-order valence-electron chi connectivity index (χ3n) is 5.75. The summed E-state index contributed by atoms with van der Waals surface area (Å²) in [5.41, 5.74) is 2.12. The van der Waals surface area contributed by atoms with Crippen LogP contribution in [0.4, 0.5) is 0 Å². The molecule has 3 aromatic rings. The van der Waals surface area contributed by atoms with Gasteiger partial charge in [0.1, 0.15) is 5.75 Å². The standard InChI is InChI=1S/C28H38N2OS/c1-3-5-7-9-10-11-13-26-18-19-27(32-26)24-21-29-28(30-22-24)23-14-16-25(17-15-23)31-20-12-8-6-4-2/h14-19,21-22H,3-13,20H2,1-2H3. The van der Waals surface area contributed by atoms with Crippen LogP contribution in [-0.2, 0) is 6.42 Å². The topological polar surface area (TPSA) is 35.0 Å². The van der Waals surface area contributed by atoms with E-state index in [1.807, 2.05) is 48.0 Å². The first-order chi connectivity index (χ1) is 15.8. The smallest absolute Gasteiger partial charge is 0.159 e. The molecular weight excluding hydrogens is 412 g/mol. The van der Waals surface area contributed by atoms with Gasteiger partial charge >= 0.3 is 0 Å². The van der Waals surface area contributed by atoms with E-state index in [0.29, 0.717) is 0 Å². The second-order valence-corrected chi connectivity index (χ2v) is 9.68. The van der Waals surface area contributed by atoms with Gasteiger partial charge in [0.2, 0.25) is 0 Å². The number of benzene rings is 1. The van der Waals surface area contributed by atoms with E-state index in [0.717, 1.165) is 35.7 Å². The number of hydrogen-bond donors (Lipinski definition) is 0. The summed E-state index contributed by atoms with van der Waals surface area (Å²) in [6.45, 7) is 5.28. The van der Waals surface area contributed by atoms with Crippen LogP contribution in [0, 0.1) is 0 Å². The number of nitrogens with zero attached hydrogens (tertiary/aromatic N) is 2. The average molecular weight is 451 g/mol. The molecule has 0 N–H and O–H groups in total. The minimum atomic E-state index is 0.757. The summed E-state index contributed by atoms with van der Waals surface area (Å²) in [6.07, 6.45) is 18.0. The quantitative estimate of drug-likeness (QED) is 0.217. The van der Waals surface area contributed by atoms with Crippen LogP contribution in [0.15, 0.2) is 48.8 Å².